The molecule has 214 valence electrons. The molecule has 1 saturated heterocycles. The van der Waals surface area contributed by atoms with Crippen LogP contribution >= 0.6 is 11.6 Å². The minimum atomic E-state index is -0.0662. The molecule has 2 aliphatic rings. The molecule has 0 radical (unpaired) electrons. The molecule has 11 nitrogen and oxygen atoms in total. The third-order valence-corrected chi connectivity index (χ3v) is 6.89. The zero-order valence-electron chi connectivity index (χ0n) is 23.3. The van der Waals surface area contributed by atoms with Gasteiger partial charge in [0.1, 0.15) is 23.8 Å². The molecule has 1 fully saturated rings. The van der Waals surface area contributed by atoms with Gasteiger partial charge in [-0.3, -0.25) is 14.7 Å². The van der Waals surface area contributed by atoms with Crippen molar-refractivity contribution in [3.05, 3.63) is 35.6 Å². The number of anilines is 2. The Morgan fingerprint density at radius 3 is 2.73 bits per heavy atom. The van der Waals surface area contributed by atoms with Gasteiger partial charge in [-0.1, -0.05) is 11.6 Å². The van der Waals surface area contributed by atoms with Gasteiger partial charge in [0.25, 0.3) is 5.88 Å². The predicted molar refractivity (Wildman–Crippen MR) is 153 cm³/mol. The van der Waals surface area contributed by atoms with E-state index in [2.05, 4.69) is 20.2 Å². The number of ether oxygens (including phenoxy) is 4. The zero-order valence-corrected chi connectivity index (χ0v) is 24.0. The van der Waals surface area contributed by atoms with Crippen LogP contribution in [0, 0.1) is 0 Å². The fourth-order valence-electron chi connectivity index (χ4n) is 4.73. The van der Waals surface area contributed by atoms with Gasteiger partial charge in [-0.05, 0) is 34.0 Å². The van der Waals surface area contributed by atoms with Crippen molar-refractivity contribution in [1.29, 1.82) is 0 Å². The maximum Gasteiger partial charge on any atom is 0.262 e. The third kappa shape index (κ3) is 6.43. The average molecular weight is 571 g/mol. The Labute approximate surface area is 238 Å². The van der Waals surface area contributed by atoms with E-state index in [0.717, 1.165) is 43.8 Å². The summed E-state index contributed by atoms with van der Waals surface area (Å²) in [5, 5.41) is 4.58. The maximum atomic E-state index is 12.3. The molecule has 0 aliphatic carbocycles. The first kappa shape index (κ1) is 28.0. The number of fused-ring (bicyclic) bond motifs is 2. The standard InChI is InChI=1S/C28H35ClN6O5/c1-18(2)40-23-14-19(37-12-11-34-7-9-35(10-8-34)24(36)16-33(3)4)13-22-25(23)21(5-6-30-22)32-26-20(29)15-31-28-27(26)38-17-39-28/h5-6,13-15,18H,7-12,16-17H2,1-4H3,(H,30,31,32). The second kappa shape index (κ2) is 12.3. The second-order valence-electron chi connectivity index (χ2n) is 10.3. The van der Waals surface area contributed by atoms with Crippen molar-refractivity contribution in [2.75, 3.05) is 72.1 Å². The number of pyridine rings is 2. The monoisotopic (exact) mass is 570 g/mol. The molecule has 0 spiro atoms. The van der Waals surface area contributed by atoms with Crippen LogP contribution in [0.1, 0.15) is 13.8 Å². The molecule has 0 bridgehead atoms. The summed E-state index contributed by atoms with van der Waals surface area (Å²) in [4.78, 5) is 27.2. The lowest BCUT2D eigenvalue weighted by Crippen LogP contribution is -2.51. The molecule has 5 rings (SSSR count). The van der Waals surface area contributed by atoms with E-state index in [0.29, 0.717) is 52.5 Å². The highest BCUT2D eigenvalue weighted by atomic mass is 35.5. The van der Waals surface area contributed by atoms with Gasteiger partial charge in [0, 0.05) is 51.1 Å². The van der Waals surface area contributed by atoms with Crippen LogP contribution in [0.3, 0.4) is 0 Å². The highest BCUT2D eigenvalue weighted by Crippen LogP contribution is 2.45. The number of aromatic nitrogens is 2. The van der Waals surface area contributed by atoms with Crippen LogP contribution in [0.25, 0.3) is 10.9 Å². The minimum absolute atomic E-state index is 0.0662. The number of piperazine rings is 1. The van der Waals surface area contributed by atoms with Crippen molar-refractivity contribution in [2.45, 2.75) is 20.0 Å². The van der Waals surface area contributed by atoms with Crippen molar-refractivity contribution < 1.29 is 23.7 Å². The van der Waals surface area contributed by atoms with Gasteiger partial charge < -0.3 is 34.1 Å². The van der Waals surface area contributed by atoms with Crippen molar-refractivity contribution in [1.82, 2.24) is 24.7 Å². The molecule has 0 saturated carbocycles. The third-order valence-electron chi connectivity index (χ3n) is 6.61. The van der Waals surface area contributed by atoms with Crippen molar-refractivity contribution >= 4 is 39.8 Å². The van der Waals surface area contributed by atoms with E-state index in [-0.39, 0.29) is 18.8 Å². The number of halogens is 1. The van der Waals surface area contributed by atoms with E-state index in [1.54, 1.807) is 6.20 Å². The summed E-state index contributed by atoms with van der Waals surface area (Å²) in [6, 6.07) is 5.66. The van der Waals surface area contributed by atoms with Gasteiger partial charge in [-0.2, -0.15) is 0 Å². The summed E-state index contributed by atoms with van der Waals surface area (Å²) in [7, 11) is 3.82. The fourth-order valence-corrected chi connectivity index (χ4v) is 4.91. The SMILES string of the molecule is CC(C)Oc1cc(OCCN2CCN(C(=O)CN(C)C)CC2)cc2nccc(Nc3c(Cl)cnc4c3OCO4)c12. The number of rotatable bonds is 10. The number of amides is 1. The molecule has 40 heavy (non-hydrogen) atoms. The van der Waals surface area contributed by atoms with E-state index in [4.69, 9.17) is 30.5 Å². The van der Waals surface area contributed by atoms with E-state index >= 15 is 0 Å². The molecular weight excluding hydrogens is 536 g/mol. The van der Waals surface area contributed by atoms with Gasteiger partial charge in [-0.15, -0.1) is 0 Å². The van der Waals surface area contributed by atoms with Gasteiger partial charge in [0.05, 0.1) is 40.5 Å². The van der Waals surface area contributed by atoms with Gasteiger partial charge in [-0.25, -0.2) is 4.98 Å². The Morgan fingerprint density at radius 1 is 1.18 bits per heavy atom. The van der Waals surface area contributed by atoms with Crippen LogP contribution in [0.4, 0.5) is 11.4 Å². The first-order chi connectivity index (χ1) is 19.3. The predicted octanol–water partition coefficient (Wildman–Crippen LogP) is 3.63. The van der Waals surface area contributed by atoms with E-state index in [1.165, 1.54) is 6.20 Å². The van der Waals surface area contributed by atoms with Gasteiger partial charge >= 0.3 is 0 Å². The number of likely N-dealkylation sites (N-methyl/N-ethyl adjacent to an activating group) is 1. The Bertz CT molecular complexity index is 1360. The first-order valence-corrected chi connectivity index (χ1v) is 13.7. The van der Waals surface area contributed by atoms with E-state index in [9.17, 15) is 4.79 Å². The summed E-state index contributed by atoms with van der Waals surface area (Å²) in [6.45, 7) is 8.87. The molecule has 0 unspecified atom stereocenters. The second-order valence-corrected chi connectivity index (χ2v) is 10.7. The van der Waals surface area contributed by atoms with Gasteiger partial charge in [0.2, 0.25) is 18.4 Å². The smallest absolute Gasteiger partial charge is 0.262 e. The summed E-state index contributed by atoms with van der Waals surface area (Å²) in [5.41, 5.74) is 2.03. The number of nitrogens with one attached hydrogen (secondary N) is 1. The topological polar surface area (TPSA) is 102 Å². The quantitative estimate of drug-likeness (QED) is 0.389. The minimum Gasteiger partial charge on any atom is -0.492 e. The molecule has 2 aromatic heterocycles. The van der Waals surface area contributed by atoms with Crippen LogP contribution in [0.15, 0.2) is 30.6 Å². The molecule has 1 N–H and O–H groups in total. The highest BCUT2D eigenvalue weighted by molar-refractivity contribution is 6.33. The number of hydrogen-bond donors (Lipinski definition) is 1. The van der Waals surface area contributed by atoms with Crippen LogP contribution in [0.2, 0.25) is 5.02 Å². The van der Waals surface area contributed by atoms with Crippen LogP contribution in [-0.2, 0) is 4.79 Å². The molecule has 0 atom stereocenters. The molecule has 12 heteroatoms. The lowest BCUT2D eigenvalue weighted by atomic mass is 10.1. The molecular formula is C28H35ClN6O5. The molecule has 1 aromatic carbocycles. The Balaban J connectivity index is 1.29. The van der Waals surface area contributed by atoms with Crippen LogP contribution in [0.5, 0.6) is 23.1 Å². The lowest BCUT2D eigenvalue weighted by molar-refractivity contribution is -0.133. The fraction of sp³-hybridized carbons (Fsp3) is 0.464. The highest BCUT2D eigenvalue weighted by Gasteiger charge is 2.24. The normalized spacial score (nSPS) is 15.2. The Hall–Kier alpha value is -3.54. The van der Waals surface area contributed by atoms with Crippen molar-refractivity contribution in [2.24, 2.45) is 0 Å². The molecule has 2 aliphatic heterocycles. The zero-order chi connectivity index (χ0) is 28.2. The van der Waals surface area contributed by atoms with Crippen LogP contribution < -0.4 is 24.3 Å². The summed E-state index contributed by atoms with van der Waals surface area (Å²) in [6.07, 6.45) is 3.18. The van der Waals surface area contributed by atoms with Crippen molar-refractivity contribution in [3.8, 4) is 23.1 Å². The van der Waals surface area contributed by atoms with E-state index in [1.807, 2.05) is 55.9 Å². The number of benzene rings is 1. The van der Waals surface area contributed by atoms with E-state index < -0.39 is 0 Å². The molecule has 1 amide bonds. The largest absolute Gasteiger partial charge is 0.492 e. The summed E-state index contributed by atoms with van der Waals surface area (Å²) in [5.74, 6) is 2.35. The lowest BCUT2D eigenvalue weighted by Gasteiger charge is -2.35. The first-order valence-electron chi connectivity index (χ1n) is 13.4. The Morgan fingerprint density at radius 2 is 1.98 bits per heavy atom. The van der Waals surface area contributed by atoms with Crippen LogP contribution in [-0.4, -0.2) is 103 Å². The van der Waals surface area contributed by atoms with Crippen molar-refractivity contribution in [3.63, 3.8) is 0 Å². The summed E-state index contributed by atoms with van der Waals surface area (Å²) >= 11 is 6.47. The number of hydrogen-bond acceptors (Lipinski definition) is 10. The maximum absolute atomic E-state index is 12.3. The number of carbonyl (C=O) groups excluding carboxylic acids is 1. The summed E-state index contributed by atoms with van der Waals surface area (Å²) < 4.78 is 23.4. The van der Waals surface area contributed by atoms with Gasteiger partial charge in [0.15, 0.2) is 0 Å². The Kier molecular flexibility index (Phi) is 8.63. The average Bonchev–Trinajstić information content (AvgIpc) is 3.39. The molecule has 3 aromatic rings. The molecule has 4 heterocycles. The number of nitrogens with zero attached hydrogens (tertiary/aromatic N) is 5. The number of carbonyl (C=O) groups is 1.